The third-order valence-corrected chi connectivity index (χ3v) is 0. The van der Waals surface area contributed by atoms with Gasteiger partial charge < -0.3 is 2.85 Å². The molecule has 0 N–H and O–H groups in total. The summed E-state index contributed by atoms with van der Waals surface area (Å²) in [7, 11) is 0. The third kappa shape index (κ3) is 8.96. The van der Waals surface area contributed by atoms with E-state index in [0.717, 1.165) is 0 Å². The minimum Gasteiger partial charge on any atom is 0 e. The van der Waals surface area contributed by atoms with E-state index in [9.17, 15) is 0 Å². The SMILES string of the molecule is [H-].[H-].[Mg+2].[Nb].[SbH3].[Zr]. The summed E-state index contributed by atoms with van der Waals surface area (Å²) in [5.41, 5.74) is 0. The summed E-state index contributed by atoms with van der Waals surface area (Å²) < 4.78 is 0. The molecule has 0 saturated carbocycles. The minimum atomic E-state index is 0. The second kappa shape index (κ2) is 16.4. The van der Waals surface area contributed by atoms with E-state index in [1.54, 1.807) is 0 Å². The summed E-state index contributed by atoms with van der Waals surface area (Å²) in [6.07, 6.45) is 0. The van der Waals surface area contributed by atoms with E-state index < -0.39 is 0 Å². The molecule has 0 unspecified atom stereocenters. The molecular weight excluding hydrogens is 330 g/mol. The van der Waals surface area contributed by atoms with Crippen LogP contribution in [0.4, 0.5) is 0 Å². The van der Waals surface area contributed by atoms with Crippen molar-refractivity contribution in [3.8, 4) is 0 Å². The Morgan fingerprint density at radius 3 is 1.25 bits per heavy atom. The maximum absolute atomic E-state index is 0. The molecule has 21 valence electrons. The van der Waals surface area contributed by atoms with E-state index in [0.29, 0.717) is 0 Å². The van der Waals surface area contributed by atoms with Crippen LogP contribution in [0.15, 0.2) is 0 Å². The molecule has 1 radical (unpaired) electrons. The van der Waals surface area contributed by atoms with Gasteiger partial charge in [-0.15, -0.1) is 0 Å². The normalized spacial score (nSPS) is 0. The summed E-state index contributed by atoms with van der Waals surface area (Å²) in [5.74, 6) is 0. The zero-order valence-electron chi connectivity index (χ0n) is 4.36. The van der Waals surface area contributed by atoms with E-state index in [-0.39, 0.29) is 98.9 Å². The Morgan fingerprint density at radius 2 is 1.25 bits per heavy atom. The summed E-state index contributed by atoms with van der Waals surface area (Å²) in [5, 5.41) is 0. The Hall–Kier alpha value is 3.21. The predicted octanol–water partition coefficient (Wildman–Crippen LogP) is -1.34. The van der Waals surface area contributed by atoms with Crippen LogP contribution in [0, 0.1) is 0 Å². The Bertz CT molecular complexity index is 13.5. The van der Waals surface area contributed by atoms with Gasteiger partial charge in [0, 0.05) is 48.6 Å². The third-order valence-electron chi connectivity index (χ3n) is 0. The van der Waals surface area contributed by atoms with Crippen LogP contribution in [-0.4, -0.2) is 47.5 Å². The smallest absolute Gasteiger partial charge is 0 e. The summed E-state index contributed by atoms with van der Waals surface area (Å²) in [4.78, 5) is 0. The Balaban J connectivity index is 0. The summed E-state index contributed by atoms with van der Waals surface area (Å²) in [6, 6.07) is 0. The summed E-state index contributed by atoms with van der Waals surface area (Å²) in [6.45, 7) is 0. The van der Waals surface area contributed by atoms with Gasteiger partial charge in [0.2, 0.25) is 0 Å². The molecule has 0 aromatic carbocycles. The topological polar surface area (TPSA) is 0 Å². The van der Waals surface area contributed by atoms with Crippen molar-refractivity contribution in [2.45, 2.75) is 0 Å². The minimum absolute atomic E-state index is 0. The molecule has 0 heterocycles. The van der Waals surface area contributed by atoms with Crippen molar-refractivity contribution in [1.29, 1.82) is 0 Å². The van der Waals surface area contributed by atoms with Gasteiger partial charge in [0.1, 0.15) is 0 Å². The van der Waals surface area contributed by atoms with E-state index >= 15 is 0 Å². The quantitative estimate of drug-likeness (QED) is 0.481. The van der Waals surface area contributed by atoms with E-state index in [2.05, 4.69) is 0 Å². The molecule has 0 aliphatic rings. The van der Waals surface area contributed by atoms with Crippen LogP contribution in [-0.2, 0) is 48.6 Å². The zero-order valence-corrected chi connectivity index (χ0v) is 12.5. The molecule has 0 spiro atoms. The molecule has 0 bridgehead atoms. The van der Waals surface area contributed by atoms with Gasteiger partial charge in [-0.3, -0.25) is 0 Å². The average Bonchev–Trinajstić information content (AvgIpc) is 0. The van der Waals surface area contributed by atoms with Gasteiger partial charge in [-0.05, 0) is 0 Å². The molecule has 0 nitrogen and oxygen atoms in total. The molecule has 0 fully saturated rings. The van der Waals surface area contributed by atoms with E-state index in [4.69, 9.17) is 0 Å². The molecule has 0 aromatic heterocycles. The average molecular weight is 335 g/mol. The van der Waals surface area contributed by atoms with Crippen molar-refractivity contribution < 1.29 is 51.4 Å². The Labute approximate surface area is 97.1 Å². The molecule has 0 aliphatic carbocycles. The van der Waals surface area contributed by atoms with E-state index in [1.807, 2.05) is 0 Å². The van der Waals surface area contributed by atoms with Crippen molar-refractivity contribution in [1.82, 2.24) is 0 Å². The van der Waals surface area contributed by atoms with Crippen LogP contribution in [0.5, 0.6) is 0 Å². The maximum Gasteiger partial charge on any atom is 0 e. The van der Waals surface area contributed by atoms with Crippen LogP contribution >= 0.6 is 0 Å². The van der Waals surface area contributed by atoms with Crippen molar-refractivity contribution in [2.75, 3.05) is 0 Å². The van der Waals surface area contributed by atoms with Gasteiger partial charge in [0.25, 0.3) is 0 Å². The van der Waals surface area contributed by atoms with E-state index in [1.165, 1.54) is 0 Å². The first-order valence-electron chi connectivity index (χ1n) is 0. The zero-order chi connectivity index (χ0) is 0. The second-order valence-electron chi connectivity index (χ2n) is 0. The molecule has 0 aromatic rings. The van der Waals surface area contributed by atoms with Crippen molar-refractivity contribution in [3.63, 3.8) is 0 Å². The van der Waals surface area contributed by atoms with Crippen LogP contribution in [0.3, 0.4) is 0 Å². The molecular formula is H5MgNbSbZr. The first-order chi connectivity index (χ1) is 0. The van der Waals surface area contributed by atoms with Gasteiger partial charge in [-0.25, -0.2) is 0 Å². The molecule has 0 saturated heterocycles. The van der Waals surface area contributed by atoms with Crippen LogP contribution in [0.25, 0.3) is 0 Å². The monoisotopic (exact) mass is 333 g/mol. The molecule has 4 heteroatoms. The fourth-order valence-electron chi connectivity index (χ4n) is 0. The predicted molar refractivity (Wildman–Crippen MR) is 17.9 cm³/mol. The number of hydrogen-bond donors (Lipinski definition) is 0. The van der Waals surface area contributed by atoms with Crippen LogP contribution < -0.4 is 0 Å². The fraction of sp³-hybridized carbons (Fsp3) is 0. The maximum atomic E-state index is 0. The van der Waals surface area contributed by atoms with Gasteiger partial charge in [0.05, 0.1) is 0 Å². The number of hydrogen-bond acceptors (Lipinski definition) is 0. The molecule has 0 aliphatic heterocycles. The second-order valence-corrected chi connectivity index (χ2v) is 0. The first-order valence-corrected chi connectivity index (χ1v) is 0. The van der Waals surface area contributed by atoms with Gasteiger partial charge in [0.15, 0.2) is 0 Å². The van der Waals surface area contributed by atoms with Crippen LogP contribution in [0.2, 0.25) is 0 Å². The van der Waals surface area contributed by atoms with Crippen LogP contribution in [0.1, 0.15) is 2.85 Å². The fourth-order valence-corrected chi connectivity index (χ4v) is 0. The summed E-state index contributed by atoms with van der Waals surface area (Å²) >= 11 is 0. The van der Waals surface area contributed by atoms with Crippen molar-refractivity contribution >= 4 is 47.5 Å². The van der Waals surface area contributed by atoms with Gasteiger partial charge >= 0.3 is 47.5 Å². The van der Waals surface area contributed by atoms with Gasteiger partial charge in [-0.1, -0.05) is 0 Å². The first kappa shape index (κ1) is 27.0. The van der Waals surface area contributed by atoms with Gasteiger partial charge in [-0.2, -0.15) is 0 Å². The Morgan fingerprint density at radius 1 is 1.25 bits per heavy atom. The molecule has 0 amide bonds. The molecule has 4 heavy (non-hydrogen) atoms. The van der Waals surface area contributed by atoms with Crippen molar-refractivity contribution in [3.05, 3.63) is 0 Å². The standard InChI is InChI=1S/Mg.Nb.Sb.Zr.5H/q+2;;;;;;;2*-1. The molecule has 0 rings (SSSR count). The van der Waals surface area contributed by atoms with Crippen molar-refractivity contribution in [2.24, 2.45) is 0 Å². The molecule has 0 atom stereocenters. The number of rotatable bonds is 0. The Kier molecular flexibility index (Phi) is 110. The largest absolute Gasteiger partial charge is 0 e.